The highest BCUT2D eigenvalue weighted by atomic mass is 127. The summed E-state index contributed by atoms with van der Waals surface area (Å²) in [5.41, 5.74) is 1.19. The number of nitrogens with zero attached hydrogens (tertiary/aromatic N) is 3. The molecule has 0 aliphatic rings. The number of guanidine groups is 1. The molecule has 0 radical (unpaired) electrons. The van der Waals surface area contributed by atoms with E-state index in [2.05, 4.69) is 26.8 Å². The summed E-state index contributed by atoms with van der Waals surface area (Å²) in [5, 5.41) is 11.7. The molecule has 0 saturated carbocycles. The lowest BCUT2D eigenvalue weighted by atomic mass is 10.1. The van der Waals surface area contributed by atoms with Crippen LogP contribution in [0.3, 0.4) is 0 Å². The largest absolute Gasteiger partial charge is 0.356 e. The number of hydrogen-bond donors (Lipinski definition) is 2. The predicted molar refractivity (Wildman–Crippen MR) is 111 cm³/mol. The zero-order valence-corrected chi connectivity index (χ0v) is 17.0. The summed E-state index contributed by atoms with van der Waals surface area (Å²) < 4.78 is 1.93. The van der Waals surface area contributed by atoms with Gasteiger partial charge in [-0.05, 0) is 37.0 Å². The third kappa shape index (κ3) is 7.53. The Bertz CT molecular complexity index is 601. The van der Waals surface area contributed by atoms with E-state index < -0.39 is 0 Å². The summed E-state index contributed by atoms with van der Waals surface area (Å²) >= 11 is 6.16. The van der Waals surface area contributed by atoms with Crippen LogP contribution in [-0.4, -0.2) is 35.9 Å². The third-order valence-corrected chi connectivity index (χ3v) is 3.88. The lowest BCUT2D eigenvalue weighted by molar-refractivity contribution is 0.570. The van der Waals surface area contributed by atoms with Gasteiger partial charge in [-0.25, -0.2) is 0 Å². The number of halogens is 2. The Kier molecular flexibility index (Phi) is 10.5. The summed E-state index contributed by atoms with van der Waals surface area (Å²) in [5.74, 6) is 0.838. The van der Waals surface area contributed by atoms with Crippen LogP contribution in [0.4, 0.5) is 0 Å². The van der Waals surface area contributed by atoms with E-state index in [1.807, 2.05) is 35.1 Å². The van der Waals surface area contributed by atoms with Gasteiger partial charge in [0.15, 0.2) is 5.96 Å². The number of aryl methyl sites for hydroxylation is 2. The maximum absolute atomic E-state index is 6.16. The molecule has 0 fully saturated rings. The number of benzene rings is 1. The molecule has 0 saturated heterocycles. The van der Waals surface area contributed by atoms with Crippen LogP contribution >= 0.6 is 35.6 Å². The molecular formula is C17H25ClIN5. The van der Waals surface area contributed by atoms with Crippen LogP contribution in [0.15, 0.2) is 47.7 Å². The lowest BCUT2D eigenvalue weighted by Gasteiger charge is -2.12. The minimum Gasteiger partial charge on any atom is -0.356 e. The quantitative estimate of drug-likeness (QED) is 0.274. The Labute approximate surface area is 165 Å². The number of hydrogen-bond acceptors (Lipinski definition) is 2. The van der Waals surface area contributed by atoms with Crippen LogP contribution in [0, 0.1) is 0 Å². The summed E-state index contributed by atoms with van der Waals surface area (Å²) in [6, 6.07) is 9.93. The Morgan fingerprint density at radius 1 is 1.17 bits per heavy atom. The van der Waals surface area contributed by atoms with Gasteiger partial charge in [0, 0.05) is 44.1 Å². The average molecular weight is 462 g/mol. The zero-order chi connectivity index (χ0) is 16.3. The van der Waals surface area contributed by atoms with Crippen molar-refractivity contribution < 1.29 is 0 Å². The molecule has 0 aliphatic carbocycles. The van der Waals surface area contributed by atoms with E-state index in [0.29, 0.717) is 0 Å². The van der Waals surface area contributed by atoms with Gasteiger partial charge in [0.05, 0.1) is 0 Å². The van der Waals surface area contributed by atoms with E-state index in [1.54, 1.807) is 13.2 Å². The highest BCUT2D eigenvalue weighted by Crippen LogP contribution is 2.16. The topological polar surface area (TPSA) is 54.2 Å². The second kappa shape index (κ2) is 12.1. The normalized spacial score (nSPS) is 11.0. The Hall–Kier alpha value is -1.28. The first-order valence-electron chi connectivity index (χ1n) is 7.95. The van der Waals surface area contributed by atoms with Gasteiger partial charge in [-0.2, -0.15) is 5.10 Å². The summed E-state index contributed by atoms with van der Waals surface area (Å²) in [6.45, 7) is 2.64. The SMILES string of the molecule is CN=C(NCCCc1ccccc1Cl)NCCCn1cccn1.I. The van der Waals surface area contributed by atoms with Crippen molar-refractivity contribution >= 4 is 41.5 Å². The van der Waals surface area contributed by atoms with Gasteiger partial charge in [-0.1, -0.05) is 29.8 Å². The van der Waals surface area contributed by atoms with Crippen molar-refractivity contribution in [2.45, 2.75) is 25.8 Å². The molecule has 2 rings (SSSR count). The van der Waals surface area contributed by atoms with Crippen molar-refractivity contribution in [1.29, 1.82) is 0 Å². The molecule has 0 amide bonds. The first-order chi connectivity index (χ1) is 11.3. The molecule has 0 atom stereocenters. The molecule has 2 N–H and O–H groups in total. The number of aromatic nitrogens is 2. The Balaban J connectivity index is 0.00000288. The standard InChI is InChI=1S/C17H24ClN5.HI/c1-19-17(21-11-5-13-23-14-6-12-22-23)20-10-4-8-15-7-2-3-9-16(15)18;/h2-3,6-7,9,12,14H,4-5,8,10-11,13H2,1H3,(H2,19,20,21);1H. The fourth-order valence-electron chi connectivity index (χ4n) is 2.29. The van der Waals surface area contributed by atoms with E-state index in [9.17, 15) is 0 Å². The Morgan fingerprint density at radius 2 is 1.92 bits per heavy atom. The van der Waals surface area contributed by atoms with Gasteiger partial charge in [-0.3, -0.25) is 9.67 Å². The van der Waals surface area contributed by atoms with Crippen molar-refractivity contribution in [3.05, 3.63) is 53.3 Å². The van der Waals surface area contributed by atoms with Gasteiger partial charge < -0.3 is 10.6 Å². The van der Waals surface area contributed by atoms with E-state index in [0.717, 1.165) is 49.9 Å². The van der Waals surface area contributed by atoms with Crippen LogP contribution in [0.25, 0.3) is 0 Å². The van der Waals surface area contributed by atoms with E-state index in [1.165, 1.54) is 5.56 Å². The fraction of sp³-hybridized carbons (Fsp3) is 0.412. The molecule has 24 heavy (non-hydrogen) atoms. The van der Waals surface area contributed by atoms with Crippen molar-refractivity contribution in [3.63, 3.8) is 0 Å². The van der Waals surface area contributed by atoms with Gasteiger partial charge >= 0.3 is 0 Å². The number of aliphatic imine (C=N–C) groups is 1. The van der Waals surface area contributed by atoms with Crippen molar-refractivity contribution in [2.75, 3.05) is 20.1 Å². The number of nitrogens with one attached hydrogen (secondary N) is 2. The van der Waals surface area contributed by atoms with Gasteiger partial charge in [0.2, 0.25) is 0 Å². The molecular weight excluding hydrogens is 437 g/mol. The molecule has 132 valence electrons. The number of rotatable bonds is 8. The van der Waals surface area contributed by atoms with Crippen molar-refractivity contribution in [2.24, 2.45) is 4.99 Å². The monoisotopic (exact) mass is 461 g/mol. The van der Waals surface area contributed by atoms with Crippen LogP contribution in [0.1, 0.15) is 18.4 Å². The van der Waals surface area contributed by atoms with Crippen molar-refractivity contribution in [1.82, 2.24) is 20.4 Å². The van der Waals surface area contributed by atoms with Gasteiger partial charge in [0.1, 0.15) is 0 Å². The highest BCUT2D eigenvalue weighted by Gasteiger charge is 2.00. The second-order valence-corrected chi connectivity index (χ2v) is 5.65. The van der Waals surface area contributed by atoms with Crippen LogP contribution in [0.5, 0.6) is 0 Å². The molecule has 0 unspecified atom stereocenters. The molecule has 0 spiro atoms. The first kappa shape index (κ1) is 20.8. The zero-order valence-electron chi connectivity index (χ0n) is 13.9. The minimum absolute atomic E-state index is 0. The highest BCUT2D eigenvalue weighted by molar-refractivity contribution is 14.0. The smallest absolute Gasteiger partial charge is 0.190 e. The molecule has 2 aromatic rings. The van der Waals surface area contributed by atoms with Gasteiger partial charge in [-0.15, -0.1) is 24.0 Å². The molecule has 1 heterocycles. The van der Waals surface area contributed by atoms with Crippen LogP contribution in [-0.2, 0) is 13.0 Å². The molecule has 0 bridgehead atoms. The molecule has 7 heteroatoms. The molecule has 1 aromatic heterocycles. The van der Waals surface area contributed by atoms with E-state index in [4.69, 9.17) is 11.6 Å². The molecule has 5 nitrogen and oxygen atoms in total. The summed E-state index contributed by atoms with van der Waals surface area (Å²) in [4.78, 5) is 4.23. The predicted octanol–water partition coefficient (Wildman–Crippen LogP) is 3.34. The van der Waals surface area contributed by atoms with Crippen molar-refractivity contribution in [3.8, 4) is 0 Å². The second-order valence-electron chi connectivity index (χ2n) is 5.24. The Morgan fingerprint density at radius 3 is 2.58 bits per heavy atom. The first-order valence-corrected chi connectivity index (χ1v) is 8.33. The summed E-state index contributed by atoms with van der Waals surface area (Å²) in [7, 11) is 1.79. The average Bonchev–Trinajstić information content (AvgIpc) is 3.08. The van der Waals surface area contributed by atoms with Gasteiger partial charge in [0.25, 0.3) is 0 Å². The van der Waals surface area contributed by atoms with Crippen LogP contribution < -0.4 is 10.6 Å². The third-order valence-electron chi connectivity index (χ3n) is 3.51. The lowest BCUT2D eigenvalue weighted by Crippen LogP contribution is -2.38. The summed E-state index contributed by atoms with van der Waals surface area (Å²) in [6.07, 6.45) is 6.75. The minimum atomic E-state index is 0. The van der Waals surface area contributed by atoms with E-state index in [-0.39, 0.29) is 24.0 Å². The maximum Gasteiger partial charge on any atom is 0.190 e. The molecule has 1 aromatic carbocycles. The molecule has 0 aliphatic heterocycles. The van der Waals surface area contributed by atoms with Crippen LogP contribution in [0.2, 0.25) is 5.02 Å². The fourth-order valence-corrected chi connectivity index (χ4v) is 2.52. The maximum atomic E-state index is 6.16. The van der Waals surface area contributed by atoms with E-state index >= 15 is 0 Å².